The molecule has 2 aliphatic heterocycles. The Morgan fingerprint density at radius 3 is 2.62 bits per heavy atom. The normalized spacial score (nSPS) is 12.0. The number of nitrogens with one attached hydrogen (secondary N) is 1. The Balaban J connectivity index is 2.69. The van der Waals surface area contributed by atoms with Crippen LogP contribution in [0.3, 0.4) is 0 Å². The van der Waals surface area contributed by atoms with Crippen LogP contribution in [0.5, 0.6) is 0 Å². The third kappa shape index (κ3) is 1.78. The minimum atomic E-state index is -4.47. The predicted molar refractivity (Wildman–Crippen MR) is 51.2 cm³/mol. The third-order valence-electron chi connectivity index (χ3n) is 2.18. The first-order chi connectivity index (χ1) is 7.38. The molecule has 0 unspecified atom stereocenters. The predicted octanol–water partition coefficient (Wildman–Crippen LogP) is 2.20. The molecule has 2 rings (SSSR count). The van der Waals surface area contributed by atoms with Gasteiger partial charge >= 0.3 is 6.18 Å². The van der Waals surface area contributed by atoms with Crippen LogP contribution in [0.2, 0.25) is 0 Å². The van der Waals surface area contributed by atoms with Gasteiger partial charge in [-0.05, 0) is 25.1 Å². The number of H-pyrrole nitrogens is 1. The summed E-state index contributed by atoms with van der Waals surface area (Å²) in [6, 6.07) is 3.71. The van der Waals surface area contributed by atoms with Gasteiger partial charge in [-0.2, -0.15) is 18.2 Å². The molecule has 6 heteroatoms. The molecule has 0 atom stereocenters. The van der Waals surface area contributed by atoms with Crippen LogP contribution in [0, 0.1) is 6.92 Å². The van der Waals surface area contributed by atoms with Crippen molar-refractivity contribution < 1.29 is 13.2 Å². The lowest BCUT2D eigenvalue weighted by Gasteiger charge is -2.10. The maximum absolute atomic E-state index is 12.4. The number of rotatable bonds is 0. The fourth-order valence-corrected chi connectivity index (χ4v) is 1.35. The van der Waals surface area contributed by atoms with Crippen molar-refractivity contribution in [3.63, 3.8) is 0 Å². The number of fused-ring (bicyclic) bond motifs is 1. The highest BCUT2D eigenvalue weighted by molar-refractivity contribution is 5.57. The zero-order chi connectivity index (χ0) is 11.9. The van der Waals surface area contributed by atoms with E-state index in [0.29, 0.717) is 11.1 Å². The van der Waals surface area contributed by atoms with Gasteiger partial charge in [-0.25, -0.2) is 0 Å². The Labute approximate surface area is 88.3 Å². The highest BCUT2D eigenvalue weighted by Gasteiger charge is 2.32. The van der Waals surface area contributed by atoms with Crippen LogP contribution in [0.15, 0.2) is 23.0 Å². The molecule has 0 aliphatic carbocycles. The first-order valence-corrected chi connectivity index (χ1v) is 4.46. The minimum Gasteiger partial charge on any atom is -0.336 e. The zero-order valence-electron chi connectivity index (χ0n) is 8.22. The topological polar surface area (TPSA) is 45.8 Å². The standard InChI is InChI=1S/C10H7F3N2O/c1-5-4-6-2-3-7(10(11,12)13)14-8(6)15-9(5)16/h2-4H,1H3,(H,14,15,16). The second kappa shape index (κ2) is 3.33. The summed E-state index contributed by atoms with van der Waals surface area (Å²) in [6.07, 6.45) is -4.47. The van der Waals surface area contributed by atoms with Crippen molar-refractivity contribution in [1.82, 2.24) is 9.97 Å². The van der Waals surface area contributed by atoms with E-state index in [1.165, 1.54) is 12.1 Å². The third-order valence-corrected chi connectivity index (χ3v) is 2.18. The number of hydrogen-bond donors (Lipinski definition) is 1. The van der Waals surface area contributed by atoms with E-state index in [2.05, 4.69) is 9.97 Å². The fraction of sp³-hybridized carbons (Fsp3) is 0.200. The van der Waals surface area contributed by atoms with Gasteiger partial charge in [0.2, 0.25) is 0 Å². The molecule has 0 aromatic rings. The molecular formula is C10H7F3N2O. The summed E-state index contributed by atoms with van der Waals surface area (Å²) >= 11 is 0. The number of aromatic amines is 1. The summed E-state index contributed by atoms with van der Waals surface area (Å²) in [7, 11) is 0. The van der Waals surface area contributed by atoms with E-state index >= 15 is 0 Å². The Bertz CT molecular complexity index is 559. The van der Waals surface area contributed by atoms with Crippen LogP contribution in [0.25, 0.3) is 11.4 Å². The van der Waals surface area contributed by atoms with Gasteiger partial charge in [0.15, 0.2) is 0 Å². The molecule has 2 aliphatic rings. The van der Waals surface area contributed by atoms with Crippen LogP contribution in [0.1, 0.15) is 11.3 Å². The molecule has 0 amide bonds. The molecule has 1 N–H and O–H groups in total. The number of nitrogens with zero attached hydrogens (tertiary/aromatic N) is 1. The van der Waals surface area contributed by atoms with E-state index in [4.69, 9.17) is 0 Å². The van der Waals surface area contributed by atoms with E-state index in [1.54, 1.807) is 6.92 Å². The van der Waals surface area contributed by atoms with E-state index in [9.17, 15) is 18.0 Å². The van der Waals surface area contributed by atoms with Crippen LogP contribution in [0.4, 0.5) is 13.2 Å². The summed E-state index contributed by atoms with van der Waals surface area (Å²) in [5, 5.41) is 0. The second-order valence-electron chi connectivity index (χ2n) is 3.42. The number of aryl methyl sites for hydroxylation is 1. The minimum absolute atomic E-state index is 0.0505. The first kappa shape index (κ1) is 10.7. The van der Waals surface area contributed by atoms with Gasteiger partial charge in [-0.3, -0.25) is 4.79 Å². The SMILES string of the molecule is Cc1cc2ccc(C(F)(F)F)[nH]c-2nc1=O. The van der Waals surface area contributed by atoms with Crippen molar-refractivity contribution in [2.75, 3.05) is 0 Å². The average molecular weight is 228 g/mol. The van der Waals surface area contributed by atoms with E-state index in [1.807, 2.05) is 0 Å². The van der Waals surface area contributed by atoms with Crippen LogP contribution in [-0.4, -0.2) is 9.97 Å². The highest BCUT2D eigenvalue weighted by atomic mass is 19.4. The maximum Gasteiger partial charge on any atom is 0.431 e. The monoisotopic (exact) mass is 228 g/mol. The van der Waals surface area contributed by atoms with Gasteiger partial charge in [-0.1, -0.05) is 0 Å². The summed E-state index contributed by atoms with van der Waals surface area (Å²) in [5.74, 6) is -0.0505. The number of aromatic nitrogens is 2. The largest absolute Gasteiger partial charge is 0.431 e. The van der Waals surface area contributed by atoms with Crippen molar-refractivity contribution in [2.45, 2.75) is 13.1 Å². The molecule has 84 valence electrons. The number of pyridine rings is 2. The average Bonchev–Trinajstić information content (AvgIpc) is 2.17. The van der Waals surface area contributed by atoms with Gasteiger partial charge in [0.1, 0.15) is 11.5 Å². The highest BCUT2D eigenvalue weighted by Crippen LogP contribution is 2.29. The van der Waals surface area contributed by atoms with Crippen molar-refractivity contribution in [3.05, 3.63) is 39.8 Å². The Morgan fingerprint density at radius 2 is 2.00 bits per heavy atom. The summed E-state index contributed by atoms with van der Waals surface area (Å²) < 4.78 is 37.1. The molecule has 0 fully saturated rings. The Morgan fingerprint density at radius 1 is 1.31 bits per heavy atom. The molecule has 0 radical (unpaired) electrons. The Hall–Kier alpha value is -1.85. The lowest BCUT2D eigenvalue weighted by atomic mass is 10.1. The summed E-state index contributed by atoms with van der Waals surface area (Å²) in [5.41, 5.74) is -0.565. The van der Waals surface area contributed by atoms with E-state index < -0.39 is 17.4 Å². The second-order valence-corrected chi connectivity index (χ2v) is 3.42. The molecule has 16 heavy (non-hydrogen) atoms. The van der Waals surface area contributed by atoms with Crippen LogP contribution < -0.4 is 5.56 Å². The van der Waals surface area contributed by atoms with E-state index in [-0.39, 0.29) is 5.82 Å². The van der Waals surface area contributed by atoms with Crippen molar-refractivity contribution in [1.29, 1.82) is 0 Å². The number of alkyl halides is 3. The molecule has 0 aromatic heterocycles. The van der Waals surface area contributed by atoms with Gasteiger partial charge < -0.3 is 4.98 Å². The molecule has 0 spiro atoms. The smallest absolute Gasteiger partial charge is 0.336 e. The molecule has 2 heterocycles. The molecule has 0 aromatic carbocycles. The maximum atomic E-state index is 12.4. The lowest BCUT2D eigenvalue weighted by Crippen LogP contribution is -2.15. The molecule has 0 saturated heterocycles. The Kier molecular flexibility index (Phi) is 2.22. The number of halogens is 3. The lowest BCUT2D eigenvalue weighted by molar-refractivity contribution is -0.141. The first-order valence-electron chi connectivity index (χ1n) is 4.46. The summed E-state index contributed by atoms with van der Waals surface area (Å²) in [4.78, 5) is 16.8. The molecule has 0 saturated carbocycles. The van der Waals surface area contributed by atoms with Gasteiger partial charge in [0.25, 0.3) is 5.56 Å². The fourth-order valence-electron chi connectivity index (χ4n) is 1.35. The van der Waals surface area contributed by atoms with Crippen LogP contribution >= 0.6 is 0 Å². The van der Waals surface area contributed by atoms with Crippen molar-refractivity contribution in [2.24, 2.45) is 0 Å². The zero-order valence-corrected chi connectivity index (χ0v) is 8.22. The van der Waals surface area contributed by atoms with Crippen molar-refractivity contribution >= 4 is 0 Å². The van der Waals surface area contributed by atoms with E-state index in [0.717, 1.165) is 6.07 Å². The molecule has 0 bridgehead atoms. The van der Waals surface area contributed by atoms with Crippen molar-refractivity contribution in [3.8, 4) is 11.4 Å². The van der Waals surface area contributed by atoms with Crippen LogP contribution in [-0.2, 0) is 6.18 Å². The molecule has 3 nitrogen and oxygen atoms in total. The van der Waals surface area contributed by atoms with Gasteiger partial charge in [0, 0.05) is 11.1 Å². The molecular weight excluding hydrogens is 221 g/mol. The van der Waals surface area contributed by atoms with Gasteiger partial charge in [0.05, 0.1) is 0 Å². The quantitative estimate of drug-likeness (QED) is 0.751. The number of hydrogen-bond acceptors (Lipinski definition) is 2. The summed E-state index contributed by atoms with van der Waals surface area (Å²) in [6.45, 7) is 1.56. The van der Waals surface area contributed by atoms with Gasteiger partial charge in [-0.15, -0.1) is 0 Å².